The maximum absolute atomic E-state index is 11.8. The number of benzene rings is 2. The minimum Gasteiger partial charge on any atom is -0.478 e. The first-order chi connectivity index (χ1) is 11.2. The Morgan fingerprint density at radius 1 is 1.00 bits per heavy atom. The second-order valence-corrected chi connectivity index (χ2v) is 5.98. The molecule has 0 aromatic heterocycles. The third kappa shape index (κ3) is 3.71. The molecule has 4 heteroatoms. The lowest BCUT2D eigenvalue weighted by atomic mass is 9.90. The Morgan fingerprint density at radius 2 is 1.57 bits per heavy atom. The van der Waals surface area contributed by atoms with E-state index in [2.05, 4.69) is 17.0 Å². The van der Waals surface area contributed by atoms with Crippen LogP contribution in [0, 0.1) is 0 Å². The van der Waals surface area contributed by atoms with Gasteiger partial charge in [-0.1, -0.05) is 48.5 Å². The highest BCUT2D eigenvalue weighted by atomic mass is 16.5. The third-order valence-corrected chi connectivity index (χ3v) is 4.36. The quantitative estimate of drug-likeness (QED) is 0.921. The van der Waals surface area contributed by atoms with Gasteiger partial charge in [-0.3, -0.25) is 4.90 Å². The van der Waals surface area contributed by atoms with Gasteiger partial charge in [-0.25, -0.2) is 4.79 Å². The van der Waals surface area contributed by atoms with Gasteiger partial charge in [0.15, 0.2) is 0 Å². The number of carbonyl (C=O) groups is 1. The van der Waals surface area contributed by atoms with Gasteiger partial charge >= 0.3 is 5.97 Å². The summed E-state index contributed by atoms with van der Waals surface area (Å²) in [6.07, 6.45) is 0.980. The zero-order chi connectivity index (χ0) is 16.1. The molecular weight excluding hydrogens is 290 g/mol. The number of piperidine rings is 1. The summed E-state index contributed by atoms with van der Waals surface area (Å²) in [4.78, 5) is 14.1. The molecule has 1 saturated heterocycles. The van der Waals surface area contributed by atoms with Gasteiger partial charge in [0.1, 0.15) is 5.75 Å². The summed E-state index contributed by atoms with van der Waals surface area (Å²) >= 11 is 0. The van der Waals surface area contributed by atoms with Gasteiger partial charge in [-0.15, -0.1) is 0 Å². The second-order valence-electron chi connectivity index (χ2n) is 5.98. The minimum absolute atomic E-state index is 0.490. The number of ether oxygens (including phenoxy) is 1. The summed E-state index contributed by atoms with van der Waals surface area (Å²) in [6, 6.07) is 19.5. The van der Waals surface area contributed by atoms with Crippen LogP contribution < -0.4 is 4.74 Å². The Bertz CT molecular complexity index is 634. The number of para-hydroxylation sites is 1. The topological polar surface area (TPSA) is 49.8 Å². The highest BCUT2D eigenvalue weighted by Gasteiger charge is 2.44. The molecule has 0 atom stereocenters. The standard InChI is InChI=1S/C19H21NO3/c21-18(22)19(23-17-9-5-2-6-10-17)11-13-20(14-12-19)15-16-7-3-1-4-8-16/h1-10H,11-15H2,(H,21,22). The van der Waals surface area contributed by atoms with Crippen molar-refractivity contribution in [2.24, 2.45) is 0 Å². The van der Waals surface area contributed by atoms with Gasteiger partial charge in [0.05, 0.1) is 0 Å². The monoisotopic (exact) mass is 311 g/mol. The molecule has 23 heavy (non-hydrogen) atoms. The fourth-order valence-electron chi connectivity index (χ4n) is 2.99. The van der Waals surface area contributed by atoms with Gasteiger partial charge in [0, 0.05) is 32.5 Å². The molecule has 1 fully saturated rings. The van der Waals surface area contributed by atoms with E-state index in [0.29, 0.717) is 31.7 Å². The van der Waals surface area contributed by atoms with Gasteiger partial charge in [0.2, 0.25) is 5.60 Å². The van der Waals surface area contributed by atoms with Crippen LogP contribution in [0.2, 0.25) is 0 Å². The molecule has 0 unspecified atom stereocenters. The summed E-state index contributed by atoms with van der Waals surface area (Å²) in [7, 11) is 0. The SMILES string of the molecule is O=C(O)C1(Oc2ccccc2)CCN(Cc2ccccc2)CC1. The Kier molecular flexibility index (Phi) is 4.63. The Balaban J connectivity index is 1.65. The Hall–Kier alpha value is -2.33. The fourth-order valence-corrected chi connectivity index (χ4v) is 2.99. The molecule has 1 N–H and O–H groups in total. The molecule has 2 aromatic carbocycles. The number of hydrogen-bond acceptors (Lipinski definition) is 3. The number of rotatable bonds is 5. The molecule has 1 heterocycles. The highest BCUT2D eigenvalue weighted by molar-refractivity contribution is 5.78. The van der Waals surface area contributed by atoms with Crippen molar-refractivity contribution in [3.8, 4) is 5.75 Å². The third-order valence-electron chi connectivity index (χ3n) is 4.36. The summed E-state index contributed by atoms with van der Waals surface area (Å²) in [5.74, 6) is -0.257. The van der Waals surface area contributed by atoms with Crippen LogP contribution in [0.1, 0.15) is 18.4 Å². The Labute approximate surface area is 136 Å². The molecular formula is C19H21NO3. The van der Waals surface area contributed by atoms with E-state index in [4.69, 9.17) is 4.74 Å². The van der Waals surface area contributed by atoms with E-state index in [9.17, 15) is 9.90 Å². The minimum atomic E-state index is -1.12. The Morgan fingerprint density at radius 3 is 2.13 bits per heavy atom. The summed E-state index contributed by atoms with van der Waals surface area (Å²) in [5.41, 5.74) is 0.133. The average Bonchev–Trinajstić information content (AvgIpc) is 2.58. The smallest absolute Gasteiger partial charge is 0.348 e. The van der Waals surface area contributed by atoms with Crippen molar-refractivity contribution in [3.05, 3.63) is 66.2 Å². The number of hydrogen-bond donors (Lipinski definition) is 1. The lowest BCUT2D eigenvalue weighted by molar-refractivity contribution is -0.159. The molecule has 120 valence electrons. The van der Waals surface area contributed by atoms with E-state index in [1.807, 2.05) is 36.4 Å². The van der Waals surface area contributed by atoms with Crippen molar-refractivity contribution in [1.82, 2.24) is 4.90 Å². The molecule has 0 radical (unpaired) electrons. The molecule has 0 saturated carbocycles. The van der Waals surface area contributed by atoms with Crippen molar-refractivity contribution >= 4 is 5.97 Å². The molecule has 0 amide bonds. The largest absolute Gasteiger partial charge is 0.478 e. The van der Waals surface area contributed by atoms with Crippen LogP contribution in [0.15, 0.2) is 60.7 Å². The van der Waals surface area contributed by atoms with Crippen molar-refractivity contribution < 1.29 is 14.6 Å². The molecule has 3 rings (SSSR count). The van der Waals surface area contributed by atoms with Crippen molar-refractivity contribution in [2.75, 3.05) is 13.1 Å². The van der Waals surface area contributed by atoms with Crippen molar-refractivity contribution in [2.45, 2.75) is 25.0 Å². The fraction of sp³-hybridized carbons (Fsp3) is 0.316. The van der Waals surface area contributed by atoms with Crippen LogP contribution in [-0.4, -0.2) is 34.7 Å². The first-order valence-electron chi connectivity index (χ1n) is 7.92. The van der Waals surface area contributed by atoms with Gasteiger partial charge in [-0.05, 0) is 17.7 Å². The number of carboxylic acid groups (broad SMARTS) is 1. The first-order valence-corrected chi connectivity index (χ1v) is 7.92. The lowest BCUT2D eigenvalue weighted by Crippen LogP contribution is -2.53. The van der Waals surface area contributed by atoms with E-state index in [-0.39, 0.29) is 0 Å². The molecule has 0 aliphatic carbocycles. The molecule has 1 aliphatic heterocycles. The van der Waals surface area contributed by atoms with Crippen LogP contribution in [0.3, 0.4) is 0 Å². The molecule has 4 nitrogen and oxygen atoms in total. The van der Waals surface area contributed by atoms with E-state index in [1.54, 1.807) is 12.1 Å². The normalized spacial score (nSPS) is 17.6. The molecule has 0 spiro atoms. The molecule has 0 bridgehead atoms. The van der Waals surface area contributed by atoms with Crippen LogP contribution in [0.4, 0.5) is 0 Å². The van der Waals surface area contributed by atoms with E-state index < -0.39 is 11.6 Å². The van der Waals surface area contributed by atoms with Gasteiger partial charge in [0.25, 0.3) is 0 Å². The van der Waals surface area contributed by atoms with E-state index in [1.165, 1.54) is 5.56 Å². The van der Waals surface area contributed by atoms with Crippen LogP contribution in [-0.2, 0) is 11.3 Å². The number of nitrogens with zero attached hydrogens (tertiary/aromatic N) is 1. The van der Waals surface area contributed by atoms with Crippen LogP contribution in [0.5, 0.6) is 5.75 Å². The predicted octanol–water partition coefficient (Wildman–Crippen LogP) is 3.18. The molecule has 1 aliphatic rings. The van der Waals surface area contributed by atoms with Crippen molar-refractivity contribution in [3.63, 3.8) is 0 Å². The number of aliphatic carboxylic acids is 1. The second kappa shape index (κ2) is 6.84. The summed E-state index contributed by atoms with van der Waals surface area (Å²) < 4.78 is 5.88. The summed E-state index contributed by atoms with van der Waals surface area (Å²) in [5, 5.41) is 9.68. The highest BCUT2D eigenvalue weighted by Crippen LogP contribution is 2.29. The zero-order valence-corrected chi connectivity index (χ0v) is 13.0. The van der Waals surface area contributed by atoms with Gasteiger partial charge < -0.3 is 9.84 Å². The van der Waals surface area contributed by atoms with E-state index in [0.717, 1.165) is 6.54 Å². The number of likely N-dealkylation sites (tertiary alicyclic amines) is 1. The summed E-state index contributed by atoms with van der Waals surface area (Å²) in [6.45, 7) is 2.28. The predicted molar refractivity (Wildman–Crippen MR) is 88.4 cm³/mol. The van der Waals surface area contributed by atoms with Crippen LogP contribution >= 0.6 is 0 Å². The lowest BCUT2D eigenvalue weighted by Gasteiger charge is -2.38. The van der Waals surface area contributed by atoms with E-state index >= 15 is 0 Å². The average molecular weight is 311 g/mol. The van der Waals surface area contributed by atoms with Crippen molar-refractivity contribution in [1.29, 1.82) is 0 Å². The maximum Gasteiger partial charge on any atom is 0.348 e. The van der Waals surface area contributed by atoms with Gasteiger partial charge in [-0.2, -0.15) is 0 Å². The molecule has 2 aromatic rings. The zero-order valence-electron chi connectivity index (χ0n) is 13.0. The van der Waals surface area contributed by atoms with Crippen LogP contribution in [0.25, 0.3) is 0 Å². The maximum atomic E-state index is 11.8. The number of carboxylic acids is 1. The first kappa shape index (κ1) is 15.6.